The minimum Gasteiger partial charge on any atom is -0.305 e. The molecule has 0 saturated heterocycles. The Labute approximate surface area is 112 Å². The largest absolute Gasteiger partial charge is 0.305 e. The number of halogens is 1. The van der Waals surface area contributed by atoms with E-state index in [9.17, 15) is 0 Å². The second kappa shape index (κ2) is 5.40. The molecule has 1 unspecified atom stereocenters. The molecule has 0 radical (unpaired) electrons. The summed E-state index contributed by atoms with van der Waals surface area (Å²) in [7, 11) is 0. The standard InChI is InChI=1S/C11H13BrN2S2/c1-3-13-11(8-4-15-5-9(8)12)10-6-16-7(2)14-10/h4-6,11,13H,3H2,1-2H3. The SMILES string of the molecule is CCNC(c1csc(C)n1)c1cscc1Br. The Bertz CT molecular complexity index is 464. The van der Waals surface area contributed by atoms with Gasteiger partial charge in [-0.2, -0.15) is 11.3 Å². The molecule has 16 heavy (non-hydrogen) atoms. The van der Waals surface area contributed by atoms with Gasteiger partial charge in [0.1, 0.15) is 0 Å². The van der Waals surface area contributed by atoms with Crippen LogP contribution in [0.4, 0.5) is 0 Å². The monoisotopic (exact) mass is 316 g/mol. The summed E-state index contributed by atoms with van der Waals surface area (Å²) in [6.07, 6.45) is 0. The van der Waals surface area contributed by atoms with Crippen molar-refractivity contribution in [3.63, 3.8) is 0 Å². The third kappa shape index (κ3) is 2.53. The number of aryl methyl sites for hydroxylation is 1. The summed E-state index contributed by atoms with van der Waals surface area (Å²) in [5, 5.41) is 11.0. The maximum atomic E-state index is 4.57. The topological polar surface area (TPSA) is 24.9 Å². The van der Waals surface area contributed by atoms with Crippen molar-refractivity contribution in [2.45, 2.75) is 19.9 Å². The third-order valence-corrected chi connectivity index (χ3v) is 4.84. The first-order valence-electron chi connectivity index (χ1n) is 5.09. The van der Waals surface area contributed by atoms with Crippen LogP contribution in [-0.4, -0.2) is 11.5 Å². The fraction of sp³-hybridized carbons (Fsp3) is 0.364. The molecule has 2 aromatic rings. The van der Waals surface area contributed by atoms with E-state index in [0.717, 1.165) is 21.7 Å². The highest BCUT2D eigenvalue weighted by Gasteiger charge is 2.18. The van der Waals surface area contributed by atoms with E-state index in [1.807, 2.05) is 6.92 Å². The minimum absolute atomic E-state index is 0.204. The van der Waals surface area contributed by atoms with Crippen molar-refractivity contribution in [1.82, 2.24) is 10.3 Å². The first-order valence-corrected chi connectivity index (χ1v) is 7.71. The normalized spacial score (nSPS) is 12.9. The number of rotatable bonds is 4. The smallest absolute Gasteiger partial charge is 0.0898 e. The molecule has 0 aliphatic rings. The molecule has 0 bridgehead atoms. The van der Waals surface area contributed by atoms with Gasteiger partial charge in [-0.05, 0) is 34.8 Å². The molecule has 5 heteroatoms. The van der Waals surface area contributed by atoms with Crippen LogP contribution in [0.5, 0.6) is 0 Å². The van der Waals surface area contributed by atoms with Crippen LogP contribution in [0, 0.1) is 6.92 Å². The van der Waals surface area contributed by atoms with E-state index in [4.69, 9.17) is 0 Å². The number of nitrogens with one attached hydrogen (secondary N) is 1. The van der Waals surface area contributed by atoms with Crippen molar-refractivity contribution in [1.29, 1.82) is 0 Å². The van der Waals surface area contributed by atoms with Crippen LogP contribution in [0.3, 0.4) is 0 Å². The molecule has 0 aliphatic heterocycles. The highest BCUT2D eigenvalue weighted by atomic mass is 79.9. The maximum absolute atomic E-state index is 4.57. The number of thiophene rings is 1. The van der Waals surface area contributed by atoms with Crippen molar-refractivity contribution in [3.05, 3.63) is 36.9 Å². The molecular formula is C11H13BrN2S2. The fourth-order valence-electron chi connectivity index (χ4n) is 1.59. The number of hydrogen-bond acceptors (Lipinski definition) is 4. The summed E-state index contributed by atoms with van der Waals surface area (Å²) in [4.78, 5) is 4.57. The Morgan fingerprint density at radius 2 is 2.25 bits per heavy atom. The number of aromatic nitrogens is 1. The Hall–Kier alpha value is -0.230. The maximum Gasteiger partial charge on any atom is 0.0898 e. The Kier molecular flexibility index (Phi) is 4.13. The van der Waals surface area contributed by atoms with Gasteiger partial charge in [0.05, 0.1) is 16.7 Å². The summed E-state index contributed by atoms with van der Waals surface area (Å²) in [6, 6.07) is 0.204. The van der Waals surface area contributed by atoms with Gasteiger partial charge in [-0.1, -0.05) is 6.92 Å². The predicted octanol–water partition coefficient (Wildman–Crippen LogP) is 3.97. The lowest BCUT2D eigenvalue weighted by Crippen LogP contribution is -2.22. The summed E-state index contributed by atoms with van der Waals surface area (Å²) >= 11 is 7.00. The van der Waals surface area contributed by atoms with Gasteiger partial charge in [0.25, 0.3) is 0 Å². The third-order valence-electron chi connectivity index (χ3n) is 2.29. The van der Waals surface area contributed by atoms with Crippen LogP contribution in [0.25, 0.3) is 0 Å². The second-order valence-corrected chi connectivity index (χ2v) is 6.12. The average molecular weight is 317 g/mol. The van der Waals surface area contributed by atoms with Gasteiger partial charge in [0.2, 0.25) is 0 Å². The van der Waals surface area contributed by atoms with Gasteiger partial charge in [-0.3, -0.25) is 0 Å². The zero-order chi connectivity index (χ0) is 11.5. The summed E-state index contributed by atoms with van der Waals surface area (Å²) < 4.78 is 1.16. The lowest BCUT2D eigenvalue weighted by Gasteiger charge is -2.15. The van der Waals surface area contributed by atoms with Gasteiger partial charge >= 0.3 is 0 Å². The predicted molar refractivity (Wildman–Crippen MR) is 74.4 cm³/mol. The van der Waals surface area contributed by atoms with Crippen LogP contribution >= 0.6 is 38.6 Å². The molecule has 1 atom stereocenters. The van der Waals surface area contributed by atoms with E-state index in [0.29, 0.717) is 0 Å². The minimum atomic E-state index is 0.204. The van der Waals surface area contributed by atoms with Gasteiger partial charge in [0.15, 0.2) is 0 Å². The second-order valence-electron chi connectivity index (χ2n) is 3.46. The molecule has 0 aliphatic carbocycles. The number of thiazole rings is 1. The van der Waals surface area contributed by atoms with E-state index >= 15 is 0 Å². The summed E-state index contributed by atoms with van der Waals surface area (Å²) in [5.74, 6) is 0. The Morgan fingerprint density at radius 3 is 2.75 bits per heavy atom. The van der Waals surface area contributed by atoms with Crippen molar-refractivity contribution in [3.8, 4) is 0 Å². The lowest BCUT2D eigenvalue weighted by atomic mass is 10.1. The summed E-state index contributed by atoms with van der Waals surface area (Å²) in [5.41, 5.74) is 2.39. The van der Waals surface area contributed by atoms with Gasteiger partial charge in [-0.15, -0.1) is 11.3 Å². The molecule has 2 nitrogen and oxygen atoms in total. The van der Waals surface area contributed by atoms with E-state index in [1.54, 1.807) is 22.7 Å². The van der Waals surface area contributed by atoms with E-state index in [-0.39, 0.29) is 6.04 Å². The summed E-state index contributed by atoms with van der Waals surface area (Å²) in [6.45, 7) is 5.09. The molecule has 1 N–H and O–H groups in total. The van der Waals surface area contributed by atoms with Crippen molar-refractivity contribution in [2.24, 2.45) is 0 Å². The fourth-order valence-corrected chi connectivity index (χ4v) is 3.78. The van der Waals surface area contributed by atoms with Crippen LogP contribution in [0.15, 0.2) is 20.6 Å². The highest BCUT2D eigenvalue weighted by molar-refractivity contribution is 9.10. The van der Waals surface area contributed by atoms with Crippen molar-refractivity contribution < 1.29 is 0 Å². The lowest BCUT2D eigenvalue weighted by molar-refractivity contribution is 0.617. The van der Waals surface area contributed by atoms with Crippen LogP contribution in [0.1, 0.15) is 29.2 Å². The molecule has 0 saturated carbocycles. The van der Waals surface area contributed by atoms with E-state index in [1.165, 1.54) is 5.56 Å². The van der Waals surface area contributed by atoms with Crippen LogP contribution < -0.4 is 5.32 Å². The van der Waals surface area contributed by atoms with Crippen molar-refractivity contribution >= 4 is 38.6 Å². The Balaban J connectivity index is 2.34. The number of hydrogen-bond donors (Lipinski definition) is 1. The molecule has 2 rings (SSSR count). The molecule has 0 amide bonds. The van der Waals surface area contributed by atoms with Gasteiger partial charge in [0, 0.05) is 20.8 Å². The van der Waals surface area contributed by atoms with Gasteiger partial charge < -0.3 is 5.32 Å². The molecule has 86 valence electrons. The quantitative estimate of drug-likeness (QED) is 0.923. The van der Waals surface area contributed by atoms with Gasteiger partial charge in [-0.25, -0.2) is 4.98 Å². The average Bonchev–Trinajstić information content (AvgIpc) is 2.84. The highest BCUT2D eigenvalue weighted by Crippen LogP contribution is 2.31. The van der Waals surface area contributed by atoms with Crippen molar-refractivity contribution in [2.75, 3.05) is 6.54 Å². The first-order chi connectivity index (χ1) is 7.72. The van der Waals surface area contributed by atoms with E-state index in [2.05, 4.69) is 49.3 Å². The zero-order valence-corrected chi connectivity index (χ0v) is 12.4. The molecular weight excluding hydrogens is 304 g/mol. The molecule has 0 aromatic carbocycles. The van der Waals surface area contributed by atoms with Crippen LogP contribution in [-0.2, 0) is 0 Å². The molecule has 2 aromatic heterocycles. The first kappa shape index (κ1) is 12.2. The molecule has 0 fully saturated rings. The molecule has 2 heterocycles. The van der Waals surface area contributed by atoms with Crippen LogP contribution in [0.2, 0.25) is 0 Å². The zero-order valence-electron chi connectivity index (χ0n) is 9.16. The van der Waals surface area contributed by atoms with E-state index < -0.39 is 0 Å². The Morgan fingerprint density at radius 1 is 1.44 bits per heavy atom. The molecule has 0 spiro atoms. The number of nitrogens with zero attached hydrogens (tertiary/aromatic N) is 1.